The first-order valence-corrected chi connectivity index (χ1v) is 6.02. The molecule has 1 saturated carbocycles. The second-order valence-corrected chi connectivity index (χ2v) is 4.72. The maximum Gasteiger partial charge on any atom is 0.342 e. The highest BCUT2D eigenvalue weighted by Gasteiger charge is 2.44. The van der Waals surface area contributed by atoms with E-state index >= 15 is 0 Å². The average Bonchev–Trinajstić information content (AvgIpc) is 2.93. The Morgan fingerprint density at radius 3 is 3.05 bits per heavy atom. The highest BCUT2D eigenvalue weighted by atomic mass is 16.6. The summed E-state index contributed by atoms with van der Waals surface area (Å²) < 4.78 is 1.36. The van der Waals surface area contributed by atoms with Crippen LogP contribution in [0.1, 0.15) is 25.1 Å². The van der Waals surface area contributed by atoms with Gasteiger partial charge < -0.3 is 15.0 Å². The van der Waals surface area contributed by atoms with Gasteiger partial charge in [-0.15, -0.1) is 0 Å². The minimum Gasteiger partial charge on any atom is -0.383 e. The van der Waals surface area contributed by atoms with Crippen molar-refractivity contribution in [2.75, 3.05) is 0 Å². The maximum absolute atomic E-state index is 11.7. The van der Waals surface area contributed by atoms with Crippen LogP contribution in [0.4, 0.5) is 5.82 Å². The van der Waals surface area contributed by atoms with Crippen molar-refractivity contribution >= 4 is 17.3 Å². The molecule has 1 aliphatic carbocycles. The number of hydrogen-bond donors (Lipinski definition) is 0. The Kier molecular flexibility index (Phi) is 2.58. The van der Waals surface area contributed by atoms with Gasteiger partial charge >= 0.3 is 5.82 Å². The van der Waals surface area contributed by atoms with Gasteiger partial charge in [-0.1, -0.05) is 5.16 Å². The molecular weight excluding hydrogens is 252 g/mol. The highest BCUT2D eigenvalue weighted by Crippen LogP contribution is 2.33. The lowest BCUT2D eigenvalue weighted by molar-refractivity contribution is -0.391. The number of imidazole rings is 1. The van der Waals surface area contributed by atoms with Gasteiger partial charge in [-0.3, -0.25) is 4.79 Å². The molecule has 0 N–H and O–H groups in total. The molecule has 2 unspecified atom stereocenters. The van der Waals surface area contributed by atoms with Gasteiger partial charge in [0.25, 0.3) is 0 Å². The molecule has 1 aromatic heterocycles. The number of ketones is 1. The summed E-state index contributed by atoms with van der Waals surface area (Å²) in [6, 6.07) is 0. The number of nitro groups is 1. The molecule has 2 heterocycles. The van der Waals surface area contributed by atoms with Crippen LogP contribution in [0.5, 0.6) is 0 Å². The number of hydrogen-bond acceptors (Lipinski definition) is 6. The van der Waals surface area contributed by atoms with E-state index in [0.29, 0.717) is 18.0 Å². The number of fused-ring (bicyclic) bond motifs is 1. The van der Waals surface area contributed by atoms with Gasteiger partial charge in [0.2, 0.25) is 5.82 Å². The molecule has 1 aromatic rings. The fraction of sp³-hybridized carbons (Fsp3) is 0.545. The van der Waals surface area contributed by atoms with Crippen molar-refractivity contribution in [3.63, 3.8) is 0 Å². The summed E-state index contributed by atoms with van der Waals surface area (Å²) in [6.07, 6.45) is 2.73. The van der Waals surface area contributed by atoms with Crippen molar-refractivity contribution in [1.29, 1.82) is 0 Å². The third kappa shape index (κ3) is 1.71. The molecule has 100 valence electrons. The molecule has 1 fully saturated rings. The molecular formula is C11H12N4O4. The maximum atomic E-state index is 11.7. The van der Waals surface area contributed by atoms with Crippen molar-refractivity contribution in [3.8, 4) is 0 Å². The lowest BCUT2D eigenvalue weighted by Crippen LogP contribution is -2.35. The minimum atomic E-state index is -0.542. The van der Waals surface area contributed by atoms with Crippen LogP contribution >= 0.6 is 0 Å². The zero-order valence-corrected chi connectivity index (χ0v) is 10.3. The van der Waals surface area contributed by atoms with E-state index in [2.05, 4.69) is 10.1 Å². The fourth-order valence-corrected chi connectivity index (χ4v) is 2.62. The lowest BCUT2D eigenvalue weighted by Gasteiger charge is -2.21. The van der Waals surface area contributed by atoms with Gasteiger partial charge in [0.1, 0.15) is 6.20 Å². The molecule has 0 spiro atoms. The Hall–Kier alpha value is -2.25. The third-order valence-electron chi connectivity index (χ3n) is 3.62. The molecule has 2 atom stereocenters. The quantitative estimate of drug-likeness (QED) is 0.581. The molecule has 0 saturated heterocycles. The Morgan fingerprint density at radius 1 is 1.58 bits per heavy atom. The van der Waals surface area contributed by atoms with E-state index in [1.807, 2.05) is 0 Å². The average molecular weight is 264 g/mol. The molecule has 0 aromatic carbocycles. The summed E-state index contributed by atoms with van der Waals surface area (Å²) in [6.45, 7) is 0. The second kappa shape index (κ2) is 4.15. The van der Waals surface area contributed by atoms with Gasteiger partial charge in [-0.2, -0.15) is 0 Å². The first kappa shape index (κ1) is 11.8. The molecule has 3 rings (SSSR count). The van der Waals surface area contributed by atoms with Crippen LogP contribution in [0, 0.1) is 16.0 Å². The number of oxime groups is 1. The van der Waals surface area contributed by atoms with Crippen molar-refractivity contribution < 1.29 is 14.6 Å². The molecule has 19 heavy (non-hydrogen) atoms. The highest BCUT2D eigenvalue weighted by molar-refractivity contribution is 6.04. The predicted molar refractivity (Wildman–Crippen MR) is 63.6 cm³/mol. The molecule has 8 heteroatoms. The van der Waals surface area contributed by atoms with Crippen molar-refractivity contribution in [3.05, 3.63) is 22.1 Å². The van der Waals surface area contributed by atoms with Gasteiger partial charge in [-0.05, 0) is 17.8 Å². The van der Waals surface area contributed by atoms with Crippen LogP contribution in [-0.2, 0) is 16.7 Å². The first-order valence-electron chi connectivity index (χ1n) is 6.02. The smallest absolute Gasteiger partial charge is 0.342 e. The topological polar surface area (TPSA) is 99.6 Å². The molecule has 0 amide bonds. The Bertz CT molecular complexity index is 592. The summed E-state index contributed by atoms with van der Waals surface area (Å²) in [4.78, 5) is 31.2. The molecule has 0 bridgehead atoms. The number of aromatic nitrogens is 2. The third-order valence-corrected chi connectivity index (χ3v) is 3.62. The van der Waals surface area contributed by atoms with E-state index in [1.54, 1.807) is 7.05 Å². The SMILES string of the molecule is Cn1c([N+](=O)[O-])cnc1C1=NOC2C(=O)CCCC12. The van der Waals surface area contributed by atoms with Crippen molar-refractivity contribution in [1.82, 2.24) is 9.55 Å². The fourth-order valence-electron chi connectivity index (χ4n) is 2.62. The van der Waals surface area contributed by atoms with Gasteiger partial charge in [-0.25, -0.2) is 9.55 Å². The summed E-state index contributed by atoms with van der Waals surface area (Å²) >= 11 is 0. The van der Waals surface area contributed by atoms with E-state index in [9.17, 15) is 14.9 Å². The summed E-state index contributed by atoms with van der Waals surface area (Å²) in [5.41, 5.74) is 0.536. The van der Waals surface area contributed by atoms with Crippen LogP contribution in [0.3, 0.4) is 0 Å². The molecule has 8 nitrogen and oxygen atoms in total. The van der Waals surface area contributed by atoms with Crippen molar-refractivity contribution in [2.45, 2.75) is 25.4 Å². The summed E-state index contributed by atoms with van der Waals surface area (Å²) in [5.74, 6) is 0.192. The number of rotatable bonds is 2. The summed E-state index contributed by atoms with van der Waals surface area (Å²) in [7, 11) is 1.56. The van der Waals surface area contributed by atoms with E-state index in [0.717, 1.165) is 12.8 Å². The minimum absolute atomic E-state index is 0.0405. The van der Waals surface area contributed by atoms with Crippen LogP contribution in [-0.4, -0.2) is 32.1 Å². The zero-order chi connectivity index (χ0) is 13.6. The molecule has 0 radical (unpaired) electrons. The van der Waals surface area contributed by atoms with E-state index in [4.69, 9.17) is 4.84 Å². The van der Waals surface area contributed by atoms with Crippen LogP contribution in [0.25, 0.3) is 0 Å². The van der Waals surface area contributed by atoms with E-state index < -0.39 is 11.0 Å². The van der Waals surface area contributed by atoms with Crippen molar-refractivity contribution in [2.24, 2.45) is 18.1 Å². The standard InChI is InChI=1S/C11H12N4O4/c1-14-8(15(17)18)5-12-11(14)9-6-3-2-4-7(16)10(6)19-13-9/h5-6,10H,2-4H2,1H3. The largest absolute Gasteiger partial charge is 0.383 e. The Labute approximate surface area is 108 Å². The summed E-state index contributed by atoms with van der Waals surface area (Å²) in [5, 5.41) is 14.7. The van der Waals surface area contributed by atoms with Crippen LogP contribution in [0.15, 0.2) is 11.4 Å². The van der Waals surface area contributed by atoms with Gasteiger partial charge in [0, 0.05) is 6.42 Å². The van der Waals surface area contributed by atoms with E-state index in [1.165, 1.54) is 10.8 Å². The Morgan fingerprint density at radius 2 is 2.37 bits per heavy atom. The number of carbonyl (C=O) groups excluding carboxylic acids is 1. The van der Waals surface area contributed by atoms with Gasteiger partial charge in [0.15, 0.2) is 17.6 Å². The predicted octanol–water partition coefficient (Wildman–Crippen LogP) is 0.800. The number of Topliss-reactive ketones (excluding diaryl/α,β-unsaturated/α-hetero) is 1. The zero-order valence-electron chi connectivity index (χ0n) is 10.3. The van der Waals surface area contributed by atoms with E-state index in [-0.39, 0.29) is 17.5 Å². The normalized spacial score (nSPS) is 25.7. The number of carbonyl (C=O) groups is 1. The molecule has 2 aliphatic rings. The van der Waals surface area contributed by atoms with Gasteiger partial charge in [0.05, 0.1) is 13.0 Å². The Balaban J connectivity index is 1.95. The number of nitrogens with zero attached hydrogens (tertiary/aromatic N) is 4. The lowest BCUT2D eigenvalue weighted by atomic mass is 9.83. The monoisotopic (exact) mass is 264 g/mol. The first-order chi connectivity index (χ1) is 9.09. The second-order valence-electron chi connectivity index (χ2n) is 4.72. The van der Waals surface area contributed by atoms with Crippen LogP contribution < -0.4 is 0 Å². The molecule has 1 aliphatic heterocycles. The van der Waals surface area contributed by atoms with Crippen LogP contribution in [0.2, 0.25) is 0 Å².